The highest BCUT2D eigenvalue weighted by Gasteiger charge is 2.30. The largest absolute Gasteiger partial charge is 0.416 e. The molecule has 0 aliphatic heterocycles. The minimum Gasteiger partial charge on any atom is -0.325 e. The minimum absolute atomic E-state index is 0.000842. The topological polar surface area (TPSA) is 46.9 Å². The Hall–Kier alpha value is -2.45. The standard InChI is InChI=1S/C18H13ClF3N3OS/c19-13-4-6-15(7-5-13)25-9-8-23-17(25)27-11-16(26)24-14-3-1-2-12(10-14)18(20,21)22/h1-10H,11H2,(H,24,26). The maximum Gasteiger partial charge on any atom is 0.416 e. The third-order valence-electron chi connectivity index (χ3n) is 3.52. The van der Waals surface area contributed by atoms with E-state index < -0.39 is 17.6 Å². The van der Waals surface area contributed by atoms with Gasteiger partial charge in [0.2, 0.25) is 5.91 Å². The van der Waals surface area contributed by atoms with Gasteiger partial charge in [0, 0.05) is 28.8 Å². The van der Waals surface area contributed by atoms with E-state index in [4.69, 9.17) is 11.6 Å². The Morgan fingerprint density at radius 2 is 1.93 bits per heavy atom. The van der Waals surface area contributed by atoms with Gasteiger partial charge < -0.3 is 5.32 Å². The number of amides is 1. The predicted octanol–water partition coefficient (Wildman–Crippen LogP) is 5.28. The fourth-order valence-electron chi connectivity index (χ4n) is 2.30. The smallest absolute Gasteiger partial charge is 0.325 e. The van der Waals surface area contributed by atoms with Crippen molar-refractivity contribution in [2.24, 2.45) is 0 Å². The van der Waals surface area contributed by atoms with E-state index in [0.717, 1.165) is 17.8 Å². The Balaban J connectivity index is 1.64. The van der Waals surface area contributed by atoms with Crippen molar-refractivity contribution in [3.05, 3.63) is 71.5 Å². The molecule has 0 atom stereocenters. The molecule has 1 heterocycles. The lowest BCUT2D eigenvalue weighted by molar-refractivity contribution is -0.137. The number of alkyl halides is 3. The van der Waals surface area contributed by atoms with Crippen LogP contribution in [0.15, 0.2) is 66.1 Å². The van der Waals surface area contributed by atoms with Gasteiger partial charge >= 0.3 is 6.18 Å². The van der Waals surface area contributed by atoms with Crippen LogP contribution in [0.4, 0.5) is 18.9 Å². The molecular weight excluding hydrogens is 399 g/mol. The molecule has 0 bridgehead atoms. The van der Waals surface area contributed by atoms with Gasteiger partial charge in [-0.05, 0) is 42.5 Å². The molecule has 3 aromatic rings. The Morgan fingerprint density at radius 3 is 2.63 bits per heavy atom. The van der Waals surface area contributed by atoms with Crippen LogP contribution in [0.3, 0.4) is 0 Å². The molecule has 0 saturated heterocycles. The fourth-order valence-corrected chi connectivity index (χ4v) is 3.19. The van der Waals surface area contributed by atoms with Crippen molar-refractivity contribution in [1.82, 2.24) is 9.55 Å². The first-order valence-corrected chi connectivity index (χ1v) is 9.08. The first-order valence-electron chi connectivity index (χ1n) is 7.72. The third-order valence-corrected chi connectivity index (χ3v) is 4.74. The van der Waals surface area contributed by atoms with Gasteiger partial charge in [0.1, 0.15) is 0 Å². The number of rotatable bonds is 5. The second-order valence-corrected chi connectivity index (χ2v) is 6.85. The molecule has 0 saturated carbocycles. The molecule has 140 valence electrons. The van der Waals surface area contributed by atoms with E-state index in [1.807, 2.05) is 12.1 Å². The Bertz CT molecular complexity index is 942. The quantitative estimate of drug-likeness (QED) is 0.581. The maximum absolute atomic E-state index is 12.7. The normalized spacial score (nSPS) is 11.4. The van der Waals surface area contributed by atoms with E-state index in [9.17, 15) is 18.0 Å². The predicted molar refractivity (Wildman–Crippen MR) is 99.4 cm³/mol. The summed E-state index contributed by atoms with van der Waals surface area (Å²) < 4.78 is 40.0. The number of nitrogens with zero attached hydrogens (tertiary/aromatic N) is 2. The Labute approximate surface area is 162 Å². The van der Waals surface area contributed by atoms with Crippen LogP contribution < -0.4 is 5.32 Å². The van der Waals surface area contributed by atoms with Crippen molar-refractivity contribution in [3.63, 3.8) is 0 Å². The number of hydrogen-bond acceptors (Lipinski definition) is 3. The summed E-state index contributed by atoms with van der Waals surface area (Å²) in [7, 11) is 0. The first kappa shape index (κ1) is 19.3. The molecule has 9 heteroatoms. The molecule has 2 aromatic carbocycles. The van der Waals surface area contributed by atoms with Gasteiger partial charge in [-0.15, -0.1) is 0 Å². The van der Waals surface area contributed by atoms with Crippen molar-refractivity contribution >= 4 is 35.0 Å². The number of carbonyl (C=O) groups is 1. The van der Waals surface area contributed by atoms with Crippen molar-refractivity contribution < 1.29 is 18.0 Å². The summed E-state index contributed by atoms with van der Waals surface area (Å²) >= 11 is 7.05. The number of benzene rings is 2. The number of thioether (sulfide) groups is 1. The van der Waals surface area contributed by atoms with Crippen LogP contribution in [0.1, 0.15) is 5.56 Å². The van der Waals surface area contributed by atoms with Gasteiger partial charge in [-0.3, -0.25) is 9.36 Å². The molecule has 0 aliphatic carbocycles. The molecule has 4 nitrogen and oxygen atoms in total. The summed E-state index contributed by atoms with van der Waals surface area (Å²) in [5.74, 6) is -0.425. The van der Waals surface area contributed by atoms with Crippen LogP contribution in [-0.4, -0.2) is 21.2 Å². The van der Waals surface area contributed by atoms with E-state index >= 15 is 0 Å². The van der Waals surface area contributed by atoms with E-state index in [2.05, 4.69) is 10.3 Å². The highest BCUT2D eigenvalue weighted by atomic mass is 35.5. The molecular formula is C18H13ClF3N3OS. The van der Waals surface area contributed by atoms with Crippen molar-refractivity contribution in [2.45, 2.75) is 11.3 Å². The molecule has 0 radical (unpaired) electrons. The third kappa shape index (κ3) is 5.05. The summed E-state index contributed by atoms with van der Waals surface area (Å²) in [5.41, 5.74) is 0.111. The van der Waals surface area contributed by atoms with Crippen LogP contribution in [0.5, 0.6) is 0 Å². The zero-order valence-corrected chi connectivity index (χ0v) is 15.3. The average Bonchev–Trinajstić information content (AvgIpc) is 3.09. The number of hydrogen-bond donors (Lipinski definition) is 1. The summed E-state index contributed by atoms with van der Waals surface area (Å²) in [4.78, 5) is 16.3. The van der Waals surface area contributed by atoms with E-state index in [1.165, 1.54) is 23.9 Å². The van der Waals surface area contributed by atoms with Crippen LogP contribution in [0.2, 0.25) is 5.02 Å². The molecule has 1 aromatic heterocycles. The number of carbonyl (C=O) groups excluding carboxylic acids is 1. The number of anilines is 1. The average molecular weight is 412 g/mol. The molecule has 3 rings (SSSR count). The minimum atomic E-state index is -4.46. The van der Waals surface area contributed by atoms with Crippen LogP contribution >= 0.6 is 23.4 Å². The molecule has 0 spiro atoms. The number of aromatic nitrogens is 2. The molecule has 27 heavy (non-hydrogen) atoms. The number of halogens is 4. The van der Waals surface area contributed by atoms with Gasteiger partial charge in [-0.1, -0.05) is 29.4 Å². The monoisotopic (exact) mass is 411 g/mol. The zero-order valence-electron chi connectivity index (χ0n) is 13.7. The van der Waals surface area contributed by atoms with Crippen molar-refractivity contribution in [3.8, 4) is 5.69 Å². The van der Waals surface area contributed by atoms with Gasteiger partial charge in [-0.25, -0.2) is 4.98 Å². The SMILES string of the molecule is O=C(CSc1nccn1-c1ccc(Cl)cc1)Nc1cccc(C(F)(F)F)c1. The van der Waals surface area contributed by atoms with E-state index in [0.29, 0.717) is 10.2 Å². The molecule has 1 N–H and O–H groups in total. The molecule has 0 unspecified atom stereocenters. The van der Waals surface area contributed by atoms with Gasteiger partial charge in [0.05, 0.1) is 11.3 Å². The van der Waals surface area contributed by atoms with Crippen molar-refractivity contribution in [1.29, 1.82) is 0 Å². The number of imidazole rings is 1. The van der Waals surface area contributed by atoms with Gasteiger partial charge in [0.25, 0.3) is 0 Å². The van der Waals surface area contributed by atoms with Crippen LogP contribution in [0, 0.1) is 0 Å². The Morgan fingerprint density at radius 1 is 1.19 bits per heavy atom. The fraction of sp³-hybridized carbons (Fsp3) is 0.111. The Kier molecular flexibility index (Phi) is 5.76. The first-order chi connectivity index (χ1) is 12.8. The van der Waals surface area contributed by atoms with Crippen LogP contribution in [0.25, 0.3) is 5.69 Å². The summed E-state index contributed by atoms with van der Waals surface area (Å²) in [5, 5.41) is 3.65. The molecule has 0 aliphatic rings. The summed E-state index contributed by atoms with van der Waals surface area (Å²) in [6.07, 6.45) is -1.11. The summed E-state index contributed by atoms with van der Waals surface area (Å²) in [6, 6.07) is 11.6. The zero-order chi connectivity index (χ0) is 19.4. The molecule has 1 amide bonds. The van der Waals surface area contributed by atoms with Gasteiger partial charge in [-0.2, -0.15) is 13.2 Å². The number of nitrogens with one attached hydrogen (secondary N) is 1. The second-order valence-electron chi connectivity index (χ2n) is 5.47. The highest BCUT2D eigenvalue weighted by molar-refractivity contribution is 7.99. The van der Waals surface area contributed by atoms with Gasteiger partial charge in [0.15, 0.2) is 5.16 Å². The van der Waals surface area contributed by atoms with Crippen molar-refractivity contribution in [2.75, 3.05) is 11.1 Å². The second kappa shape index (κ2) is 8.06. The lowest BCUT2D eigenvalue weighted by Crippen LogP contribution is -2.15. The lowest BCUT2D eigenvalue weighted by atomic mass is 10.2. The highest BCUT2D eigenvalue weighted by Crippen LogP contribution is 2.30. The van der Waals surface area contributed by atoms with E-state index in [1.54, 1.807) is 29.1 Å². The van der Waals surface area contributed by atoms with E-state index in [-0.39, 0.29) is 11.4 Å². The molecule has 0 fully saturated rings. The summed E-state index contributed by atoms with van der Waals surface area (Å²) in [6.45, 7) is 0. The lowest BCUT2D eigenvalue weighted by Gasteiger charge is -2.10. The van der Waals surface area contributed by atoms with Crippen LogP contribution in [-0.2, 0) is 11.0 Å². The maximum atomic E-state index is 12.7.